The molecule has 1 amide bonds. The van der Waals surface area contributed by atoms with Crippen molar-refractivity contribution in [1.82, 2.24) is 9.97 Å². The van der Waals surface area contributed by atoms with Crippen molar-refractivity contribution in [3.8, 4) is 11.1 Å². The van der Waals surface area contributed by atoms with Crippen LogP contribution in [0, 0.1) is 0 Å². The third kappa shape index (κ3) is 2.11. The largest absolute Gasteiger partial charge is 0.382 e. The molecule has 2 aromatic carbocycles. The SMILES string of the molecule is NC(=O)c1ccc(-c2cccc3sc4c(N)ncnc4c23)cc1. The minimum atomic E-state index is -0.434. The lowest BCUT2D eigenvalue weighted by Crippen LogP contribution is -2.10. The third-order valence-corrected chi connectivity index (χ3v) is 4.95. The predicted octanol–water partition coefficient (Wildman–Crippen LogP) is 3.19. The minimum Gasteiger partial charge on any atom is -0.382 e. The summed E-state index contributed by atoms with van der Waals surface area (Å²) in [6, 6.07) is 13.3. The van der Waals surface area contributed by atoms with Crippen LogP contribution in [0.5, 0.6) is 0 Å². The van der Waals surface area contributed by atoms with E-state index in [0.29, 0.717) is 11.4 Å². The van der Waals surface area contributed by atoms with E-state index in [1.807, 2.05) is 30.3 Å². The molecule has 6 heteroatoms. The fourth-order valence-corrected chi connectivity index (χ4v) is 3.78. The lowest BCUT2D eigenvalue weighted by Gasteiger charge is -2.05. The van der Waals surface area contributed by atoms with Crippen molar-refractivity contribution in [3.05, 3.63) is 54.4 Å². The molecule has 4 rings (SSSR count). The number of anilines is 1. The second-order valence-corrected chi connectivity index (χ2v) is 6.21. The first kappa shape index (κ1) is 13.7. The Morgan fingerprint density at radius 2 is 1.83 bits per heavy atom. The van der Waals surface area contributed by atoms with Crippen molar-refractivity contribution in [3.63, 3.8) is 0 Å². The van der Waals surface area contributed by atoms with E-state index in [9.17, 15) is 4.79 Å². The number of rotatable bonds is 2. The van der Waals surface area contributed by atoms with Crippen molar-refractivity contribution in [2.75, 3.05) is 5.73 Å². The average Bonchev–Trinajstić information content (AvgIpc) is 2.95. The summed E-state index contributed by atoms with van der Waals surface area (Å²) < 4.78 is 1.99. The fraction of sp³-hybridized carbons (Fsp3) is 0. The molecule has 0 aliphatic heterocycles. The maximum Gasteiger partial charge on any atom is 0.248 e. The highest BCUT2D eigenvalue weighted by Gasteiger charge is 2.14. The van der Waals surface area contributed by atoms with Gasteiger partial charge in [0.05, 0.1) is 10.2 Å². The van der Waals surface area contributed by atoms with Gasteiger partial charge in [-0.05, 0) is 29.3 Å². The lowest BCUT2D eigenvalue weighted by molar-refractivity contribution is 0.100. The molecule has 0 atom stereocenters. The van der Waals surface area contributed by atoms with Crippen LogP contribution in [0.15, 0.2) is 48.8 Å². The smallest absolute Gasteiger partial charge is 0.248 e. The second kappa shape index (κ2) is 5.03. The predicted molar refractivity (Wildman–Crippen MR) is 93.3 cm³/mol. The normalized spacial score (nSPS) is 11.1. The summed E-state index contributed by atoms with van der Waals surface area (Å²) in [5.41, 5.74) is 14.7. The van der Waals surface area contributed by atoms with Gasteiger partial charge in [-0.2, -0.15) is 0 Å². The number of carbonyl (C=O) groups is 1. The molecule has 23 heavy (non-hydrogen) atoms. The zero-order valence-corrected chi connectivity index (χ0v) is 12.8. The van der Waals surface area contributed by atoms with Gasteiger partial charge in [-0.25, -0.2) is 9.97 Å². The molecular formula is C17H12N4OS. The Bertz CT molecular complexity index is 1050. The molecule has 0 saturated heterocycles. The van der Waals surface area contributed by atoms with Crippen molar-refractivity contribution in [1.29, 1.82) is 0 Å². The number of hydrogen-bond acceptors (Lipinski definition) is 5. The van der Waals surface area contributed by atoms with E-state index >= 15 is 0 Å². The molecule has 0 saturated carbocycles. The van der Waals surface area contributed by atoms with E-state index in [1.54, 1.807) is 23.5 Å². The summed E-state index contributed by atoms with van der Waals surface area (Å²) in [5.74, 6) is 0.0579. The summed E-state index contributed by atoms with van der Waals surface area (Å²) in [6.45, 7) is 0. The van der Waals surface area contributed by atoms with Crippen LogP contribution in [-0.2, 0) is 0 Å². The Morgan fingerprint density at radius 1 is 1.04 bits per heavy atom. The highest BCUT2D eigenvalue weighted by atomic mass is 32.1. The van der Waals surface area contributed by atoms with Crippen LogP contribution in [0.25, 0.3) is 31.4 Å². The van der Waals surface area contributed by atoms with Crippen molar-refractivity contribution < 1.29 is 4.79 Å². The number of aromatic nitrogens is 2. The molecule has 0 spiro atoms. The fourth-order valence-electron chi connectivity index (χ4n) is 2.69. The Labute approximate surface area is 135 Å². The van der Waals surface area contributed by atoms with Gasteiger partial charge in [0.15, 0.2) is 0 Å². The number of nitrogens with zero attached hydrogens (tertiary/aromatic N) is 2. The summed E-state index contributed by atoms with van der Waals surface area (Å²) in [4.78, 5) is 19.7. The number of fused-ring (bicyclic) bond motifs is 3. The maximum absolute atomic E-state index is 11.2. The lowest BCUT2D eigenvalue weighted by atomic mass is 10.00. The van der Waals surface area contributed by atoms with Gasteiger partial charge < -0.3 is 11.5 Å². The van der Waals surface area contributed by atoms with Crippen LogP contribution in [0.4, 0.5) is 5.82 Å². The van der Waals surface area contributed by atoms with Crippen LogP contribution in [0.2, 0.25) is 0 Å². The number of nitrogens with two attached hydrogens (primary N) is 2. The minimum absolute atomic E-state index is 0.434. The summed E-state index contributed by atoms with van der Waals surface area (Å²) >= 11 is 1.58. The van der Waals surface area contributed by atoms with Gasteiger partial charge in [-0.1, -0.05) is 24.3 Å². The maximum atomic E-state index is 11.2. The Kier molecular flexibility index (Phi) is 2.99. The van der Waals surface area contributed by atoms with Gasteiger partial charge in [0.25, 0.3) is 0 Å². The number of primary amides is 1. The van der Waals surface area contributed by atoms with Crippen LogP contribution >= 0.6 is 11.3 Å². The molecule has 2 aromatic heterocycles. The Balaban J connectivity index is 2.01. The number of carbonyl (C=O) groups excluding carboxylic acids is 1. The first-order valence-electron chi connectivity index (χ1n) is 6.97. The van der Waals surface area contributed by atoms with Gasteiger partial charge in [0.2, 0.25) is 5.91 Å². The van der Waals surface area contributed by atoms with Crippen molar-refractivity contribution >= 4 is 43.4 Å². The van der Waals surface area contributed by atoms with Crippen LogP contribution in [0.3, 0.4) is 0 Å². The molecular weight excluding hydrogens is 308 g/mol. The highest BCUT2D eigenvalue weighted by Crippen LogP contribution is 2.40. The van der Waals surface area contributed by atoms with Gasteiger partial charge in [0.1, 0.15) is 12.1 Å². The molecule has 0 radical (unpaired) electrons. The molecule has 5 nitrogen and oxygen atoms in total. The topological polar surface area (TPSA) is 94.9 Å². The standard InChI is InChI=1S/C17H12N4OS/c18-16-15-14(20-8-21-16)13-11(2-1-3-12(13)23-15)9-4-6-10(7-5-9)17(19)22/h1-8H,(H2,19,22)(H2,18,20,21). The first-order chi connectivity index (χ1) is 11.1. The number of benzene rings is 2. The summed E-state index contributed by atoms with van der Waals surface area (Å²) in [5, 5.41) is 1.05. The number of nitrogen functional groups attached to an aromatic ring is 1. The Morgan fingerprint density at radius 3 is 2.57 bits per heavy atom. The van der Waals surface area contributed by atoms with E-state index in [0.717, 1.165) is 31.4 Å². The number of hydrogen-bond donors (Lipinski definition) is 2. The zero-order chi connectivity index (χ0) is 16.0. The van der Waals surface area contributed by atoms with E-state index in [4.69, 9.17) is 11.5 Å². The molecule has 4 aromatic rings. The van der Waals surface area contributed by atoms with Gasteiger partial charge >= 0.3 is 0 Å². The average molecular weight is 320 g/mol. The monoisotopic (exact) mass is 320 g/mol. The highest BCUT2D eigenvalue weighted by molar-refractivity contribution is 7.26. The van der Waals surface area contributed by atoms with E-state index in [1.165, 1.54) is 6.33 Å². The van der Waals surface area contributed by atoms with E-state index in [-0.39, 0.29) is 0 Å². The second-order valence-electron chi connectivity index (χ2n) is 5.16. The summed E-state index contributed by atoms with van der Waals surface area (Å²) in [7, 11) is 0. The molecule has 0 fully saturated rings. The molecule has 112 valence electrons. The van der Waals surface area contributed by atoms with Gasteiger partial charge in [-0.15, -0.1) is 11.3 Å². The molecule has 0 bridgehead atoms. The van der Waals surface area contributed by atoms with Crippen molar-refractivity contribution in [2.45, 2.75) is 0 Å². The van der Waals surface area contributed by atoms with Crippen LogP contribution < -0.4 is 11.5 Å². The Hall–Kier alpha value is -2.99. The molecule has 0 aliphatic rings. The van der Waals surface area contributed by atoms with E-state index < -0.39 is 5.91 Å². The van der Waals surface area contributed by atoms with Crippen LogP contribution in [-0.4, -0.2) is 15.9 Å². The van der Waals surface area contributed by atoms with Crippen LogP contribution in [0.1, 0.15) is 10.4 Å². The van der Waals surface area contributed by atoms with Gasteiger partial charge in [0, 0.05) is 15.6 Å². The first-order valence-corrected chi connectivity index (χ1v) is 7.79. The van der Waals surface area contributed by atoms with Gasteiger partial charge in [-0.3, -0.25) is 4.79 Å². The van der Waals surface area contributed by atoms with Crippen molar-refractivity contribution in [2.24, 2.45) is 5.73 Å². The van der Waals surface area contributed by atoms with E-state index in [2.05, 4.69) is 9.97 Å². The molecule has 4 N–H and O–H groups in total. The molecule has 0 unspecified atom stereocenters. The summed E-state index contributed by atoms with van der Waals surface area (Å²) in [6.07, 6.45) is 1.48. The zero-order valence-electron chi connectivity index (χ0n) is 12.0. The number of amides is 1. The molecule has 2 heterocycles. The third-order valence-electron chi connectivity index (χ3n) is 3.79. The quantitative estimate of drug-likeness (QED) is 0.593. The number of thiophene rings is 1. The molecule has 0 aliphatic carbocycles.